The van der Waals surface area contributed by atoms with Crippen molar-refractivity contribution in [3.63, 3.8) is 0 Å². The summed E-state index contributed by atoms with van der Waals surface area (Å²) in [6.45, 7) is 0.675. The zero-order chi connectivity index (χ0) is 15.9. The fourth-order valence-corrected chi connectivity index (χ4v) is 2.08. The molecule has 0 aliphatic carbocycles. The molecule has 1 heterocycles. The van der Waals surface area contributed by atoms with Gasteiger partial charge in [-0.25, -0.2) is 0 Å². The molecule has 0 unspecified atom stereocenters. The molecule has 0 bridgehead atoms. The van der Waals surface area contributed by atoms with Crippen molar-refractivity contribution in [2.75, 3.05) is 18.4 Å². The Hall–Kier alpha value is -2.74. The van der Waals surface area contributed by atoms with E-state index in [2.05, 4.69) is 15.6 Å². The van der Waals surface area contributed by atoms with Gasteiger partial charge in [-0.05, 0) is 18.2 Å². The number of hydrogen-bond donors (Lipinski definition) is 3. The van der Waals surface area contributed by atoms with E-state index in [0.29, 0.717) is 29.0 Å². The summed E-state index contributed by atoms with van der Waals surface area (Å²) >= 11 is 5.02. The van der Waals surface area contributed by atoms with Crippen LogP contribution in [0, 0.1) is 14.8 Å². The van der Waals surface area contributed by atoms with E-state index < -0.39 is 4.92 Å². The van der Waals surface area contributed by atoms with Crippen molar-refractivity contribution < 1.29 is 9.72 Å². The van der Waals surface area contributed by atoms with Gasteiger partial charge in [0, 0.05) is 25.4 Å². The van der Waals surface area contributed by atoms with E-state index in [4.69, 9.17) is 12.2 Å². The van der Waals surface area contributed by atoms with Gasteiger partial charge in [0.2, 0.25) is 0 Å². The molecule has 1 aromatic carbocycles. The SMILES string of the molecule is O=C(NCCNc1ccccc1[N+](=O)[O-])c1ccc[nH]c1=S. The van der Waals surface area contributed by atoms with E-state index in [1.54, 1.807) is 36.5 Å². The van der Waals surface area contributed by atoms with Gasteiger partial charge in [0.15, 0.2) is 0 Å². The number of pyridine rings is 1. The number of rotatable bonds is 6. The standard InChI is InChI=1S/C14H14N4O3S/c19-13(10-4-3-7-17-14(10)22)16-9-8-15-11-5-1-2-6-12(11)18(20)21/h1-7,15H,8-9H2,(H,16,19)(H,17,22). The molecule has 0 saturated heterocycles. The molecule has 1 aromatic heterocycles. The van der Waals surface area contributed by atoms with Gasteiger partial charge in [-0.2, -0.15) is 0 Å². The highest BCUT2D eigenvalue weighted by molar-refractivity contribution is 7.71. The minimum atomic E-state index is -0.454. The summed E-state index contributed by atoms with van der Waals surface area (Å²) in [5.41, 5.74) is 0.807. The Morgan fingerprint density at radius 1 is 1.23 bits per heavy atom. The van der Waals surface area contributed by atoms with Gasteiger partial charge in [-0.1, -0.05) is 24.4 Å². The van der Waals surface area contributed by atoms with E-state index >= 15 is 0 Å². The fourth-order valence-electron chi connectivity index (χ4n) is 1.85. The lowest BCUT2D eigenvalue weighted by molar-refractivity contribution is -0.384. The predicted octanol–water partition coefficient (Wildman–Crippen LogP) is 2.49. The van der Waals surface area contributed by atoms with Crippen LogP contribution < -0.4 is 10.6 Å². The van der Waals surface area contributed by atoms with Gasteiger partial charge in [-0.15, -0.1) is 0 Å². The summed E-state index contributed by atoms with van der Waals surface area (Å²) < 4.78 is 0.367. The average molecular weight is 318 g/mol. The van der Waals surface area contributed by atoms with Crippen molar-refractivity contribution in [1.29, 1.82) is 0 Å². The number of carbonyl (C=O) groups excluding carboxylic acids is 1. The second-order valence-corrected chi connectivity index (χ2v) is 4.78. The number of carbonyl (C=O) groups is 1. The minimum Gasteiger partial charge on any atom is -0.378 e. The number of para-hydroxylation sites is 2. The van der Waals surface area contributed by atoms with Gasteiger partial charge in [0.05, 0.1) is 10.5 Å². The lowest BCUT2D eigenvalue weighted by atomic mass is 10.2. The van der Waals surface area contributed by atoms with E-state index in [9.17, 15) is 14.9 Å². The molecule has 7 nitrogen and oxygen atoms in total. The van der Waals surface area contributed by atoms with Gasteiger partial charge >= 0.3 is 0 Å². The van der Waals surface area contributed by atoms with Gasteiger partial charge in [0.25, 0.3) is 11.6 Å². The highest BCUT2D eigenvalue weighted by atomic mass is 32.1. The molecule has 0 saturated carbocycles. The van der Waals surface area contributed by atoms with Crippen LogP contribution >= 0.6 is 12.2 Å². The number of anilines is 1. The molecule has 0 fully saturated rings. The lowest BCUT2D eigenvalue weighted by Crippen LogP contribution is -2.29. The number of nitro benzene ring substituents is 1. The first-order valence-corrected chi connectivity index (χ1v) is 6.93. The molecule has 0 radical (unpaired) electrons. The highest BCUT2D eigenvalue weighted by Gasteiger charge is 2.11. The molecule has 2 aromatic rings. The summed E-state index contributed by atoms with van der Waals surface area (Å²) in [4.78, 5) is 25.1. The molecule has 0 aliphatic heterocycles. The number of hydrogen-bond acceptors (Lipinski definition) is 5. The fraction of sp³-hybridized carbons (Fsp3) is 0.143. The zero-order valence-electron chi connectivity index (χ0n) is 11.5. The molecule has 0 aliphatic rings. The van der Waals surface area contributed by atoms with E-state index in [0.717, 1.165) is 0 Å². The Morgan fingerprint density at radius 3 is 2.73 bits per heavy atom. The summed E-state index contributed by atoms with van der Waals surface area (Å²) in [5, 5.41) is 16.5. The van der Waals surface area contributed by atoms with Crippen molar-refractivity contribution in [1.82, 2.24) is 10.3 Å². The Labute approximate surface area is 131 Å². The molecule has 8 heteroatoms. The quantitative estimate of drug-likeness (QED) is 0.329. The Morgan fingerprint density at radius 2 is 2.00 bits per heavy atom. The largest absolute Gasteiger partial charge is 0.378 e. The van der Waals surface area contributed by atoms with Crippen molar-refractivity contribution in [2.45, 2.75) is 0 Å². The maximum absolute atomic E-state index is 11.9. The smallest absolute Gasteiger partial charge is 0.292 e. The van der Waals surface area contributed by atoms with E-state index in [-0.39, 0.29) is 11.6 Å². The number of aromatic nitrogens is 1. The Kier molecular flexibility index (Phi) is 5.21. The predicted molar refractivity (Wildman–Crippen MR) is 85.5 cm³/mol. The van der Waals surface area contributed by atoms with Crippen molar-refractivity contribution in [3.8, 4) is 0 Å². The Balaban J connectivity index is 1.88. The number of aromatic amines is 1. The minimum absolute atomic E-state index is 0.000620. The van der Waals surface area contributed by atoms with E-state index in [1.165, 1.54) is 6.07 Å². The summed E-state index contributed by atoms with van der Waals surface area (Å²) in [7, 11) is 0. The molecule has 22 heavy (non-hydrogen) atoms. The molecule has 3 N–H and O–H groups in total. The van der Waals surface area contributed by atoms with Crippen LogP contribution in [0.3, 0.4) is 0 Å². The number of benzene rings is 1. The summed E-state index contributed by atoms with van der Waals surface area (Å²) in [6, 6.07) is 9.66. The van der Waals surface area contributed by atoms with Crippen molar-refractivity contribution in [3.05, 3.63) is 62.9 Å². The van der Waals surface area contributed by atoms with Gasteiger partial charge in [-0.3, -0.25) is 14.9 Å². The van der Waals surface area contributed by atoms with Gasteiger partial charge in [0.1, 0.15) is 10.3 Å². The second kappa shape index (κ2) is 7.32. The van der Waals surface area contributed by atoms with Gasteiger partial charge < -0.3 is 15.6 Å². The Bertz CT molecular complexity index is 745. The van der Waals surface area contributed by atoms with Crippen molar-refractivity contribution in [2.24, 2.45) is 0 Å². The molecular weight excluding hydrogens is 304 g/mol. The first-order chi connectivity index (χ1) is 10.6. The van der Waals surface area contributed by atoms with Crippen LogP contribution in [0.5, 0.6) is 0 Å². The summed E-state index contributed by atoms with van der Waals surface area (Å²) in [5.74, 6) is -0.286. The number of nitrogens with one attached hydrogen (secondary N) is 3. The molecule has 114 valence electrons. The second-order valence-electron chi connectivity index (χ2n) is 4.37. The number of amides is 1. The number of H-pyrrole nitrogens is 1. The maximum atomic E-state index is 11.9. The molecule has 1 amide bonds. The lowest BCUT2D eigenvalue weighted by Gasteiger charge is -2.08. The molecule has 0 spiro atoms. The number of nitro groups is 1. The first-order valence-electron chi connectivity index (χ1n) is 6.53. The van der Waals surface area contributed by atoms with Crippen LogP contribution in [-0.4, -0.2) is 28.9 Å². The van der Waals surface area contributed by atoms with Crippen LogP contribution in [-0.2, 0) is 0 Å². The molecular formula is C14H14N4O3S. The normalized spacial score (nSPS) is 10.0. The maximum Gasteiger partial charge on any atom is 0.292 e. The average Bonchev–Trinajstić information content (AvgIpc) is 2.52. The van der Waals surface area contributed by atoms with Crippen LogP contribution in [0.25, 0.3) is 0 Å². The zero-order valence-corrected chi connectivity index (χ0v) is 12.4. The summed E-state index contributed by atoms with van der Waals surface area (Å²) in [6.07, 6.45) is 1.65. The van der Waals surface area contributed by atoms with Crippen LogP contribution in [0.2, 0.25) is 0 Å². The molecule has 2 rings (SSSR count). The molecule has 0 atom stereocenters. The number of nitrogens with zero attached hydrogens (tertiary/aromatic N) is 1. The third-order valence-electron chi connectivity index (χ3n) is 2.89. The third-order valence-corrected chi connectivity index (χ3v) is 3.23. The van der Waals surface area contributed by atoms with Crippen LogP contribution in [0.1, 0.15) is 10.4 Å². The van der Waals surface area contributed by atoms with E-state index in [1.807, 2.05) is 0 Å². The van der Waals surface area contributed by atoms with Crippen molar-refractivity contribution >= 4 is 29.5 Å². The topological polar surface area (TPSA) is 100 Å². The monoisotopic (exact) mass is 318 g/mol. The highest BCUT2D eigenvalue weighted by Crippen LogP contribution is 2.22. The van der Waals surface area contributed by atoms with Crippen LogP contribution in [0.15, 0.2) is 42.6 Å². The van der Waals surface area contributed by atoms with Crippen LogP contribution in [0.4, 0.5) is 11.4 Å². The third kappa shape index (κ3) is 3.89. The first kappa shape index (κ1) is 15.6.